The number of methoxy groups -OCH3 is 1. The standard InChI is InChI=1S/C27H54NO6PS/c1-6-7-8-9-10-11-12-13-14-15-16-17-18-19-20-21-27(29)32-24-26(31-5)25-34-35(30,36)33-23-22-28(2,3)4/h13-14,26H,6-12,15-25H2,1-5H3/p+1/b14-13-. The Hall–Kier alpha value is -0.340. The normalized spacial score (nSPS) is 14.7. The fourth-order valence-electron chi connectivity index (χ4n) is 3.43. The number of hydrogen-bond donors (Lipinski definition) is 1. The molecule has 0 amide bonds. The zero-order valence-electron chi connectivity index (χ0n) is 23.8. The molecule has 0 spiro atoms. The molecule has 1 N–H and O–H groups in total. The molecule has 0 fully saturated rings. The summed E-state index contributed by atoms with van der Waals surface area (Å²) in [6.45, 7) is -0.00720. The highest BCUT2D eigenvalue weighted by atomic mass is 32.5. The van der Waals surface area contributed by atoms with Gasteiger partial charge in [0, 0.05) is 13.5 Å². The van der Waals surface area contributed by atoms with E-state index in [1.807, 2.05) is 21.1 Å². The Bertz CT molecular complexity index is 612. The van der Waals surface area contributed by atoms with E-state index in [9.17, 15) is 9.69 Å². The van der Waals surface area contributed by atoms with Gasteiger partial charge in [-0.05, 0) is 43.9 Å². The summed E-state index contributed by atoms with van der Waals surface area (Å²) in [5, 5.41) is 0. The predicted molar refractivity (Wildman–Crippen MR) is 153 cm³/mol. The summed E-state index contributed by atoms with van der Waals surface area (Å²) in [5.41, 5.74) is 0. The van der Waals surface area contributed by atoms with Gasteiger partial charge in [-0.2, -0.15) is 0 Å². The van der Waals surface area contributed by atoms with E-state index in [0.717, 1.165) is 25.7 Å². The fourth-order valence-corrected chi connectivity index (χ4v) is 4.57. The average Bonchev–Trinajstić information content (AvgIpc) is 2.80. The van der Waals surface area contributed by atoms with E-state index in [1.54, 1.807) is 0 Å². The Morgan fingerprint density at radius 1 is 0.889 bits per heavy atom. The second-order valence-electron chi connectivity index (χ2n) is 10.5. The SMILES string of the molecule is CCCCCCCC/C=C\CCCCCCCC(=O)OCC(COP(O)(=S)OCC[N+](C)(C)C)OC. The van der Waals surface area contributed by atoms with Gasteiger partial charge in [0.25, 0.3) is 0 Å². The maximum absolute atomic E-state index is 12.0. The zero-order chi connectivity index (χ0) is 27.1. The van der Waals surface area contributed by atoms with E-state index in [4.69, 9.17) is 30.3 Å². The summed E-state index contributed by atoms with van der Waals surface area (Å²) in [6, 6.07) is 0. The van der Waals surface area contributed by atoms with Gasteiger partial charge in [0.15, 0.2) is 0 Å². The molecule has 0 rings (SSSR count). The summed E-state index contributed by atoms with van der Waals surface area (Å²) >= 11 is 5.03. The molecule has 0 aromatic carbocycles. The smallest absolute Gasteiger partial charge is 0.324 e. The fraction of sp³-hybridized carbons (Fsp3) is 0.889. The van der Waals surface area contributed by atoms with Gasteiger partial charge in [-0.1, -0.05) is 70.4 Å². The lowest BCUT2D eigenvalue weighted by molar-refractivity contribution is -0.870. The highest BCUT2D eigenvalue weighted by Crippen LogP contribution is 2.43. The van der Waals surface area contributed by atoms with Gasteiger partial charge in [0.2, 0.25) is 0 Å². The van der Waals surface area contributed by atoms with Crippen LogP contribution in [0, 0.1) is 0 Å². The highest BCUT2D eigenvalue weighted by Gasteiger charge is 2.21. The number of carbonyl (C=O) groups excluding carboxylic acids is 1. The minimum atomic E-state index is -3.34. The van der Waals surface area contributed by atoms with Crippen molar-refractivity contribution in [3.8, 4) is 0 Å². The molecule has 0 aliphatic carbocycles. The second-order valence-corrected chi connectivity index (χ2v) is 13.3. The molecule has 9 heteroatoms. The van der Waals surface area contributed by atoms with E-state index in [1.165, 1.54) is 64.9 Å². The van der Waals surface area contributed by atoms with E-state index >= 15 is 0 Å². The molecule has 0 radical (unpaired) electrons. The van der Waals surface area contributed by atoms with Gasteiger partial charge >= 0.3 is 12.7 Å². The van der Waals surface area contributed by atoms with Gasteiger partial charge in [0.05, 0.1) is 27.7 Å². The van der Waals surface area contributed by atoms with Crippen molar-refractivity contribution in [1.29, 1.82) is 0 Å². The van der Waals surface area contributed by atoms with Gasteiger partial charge in [-0.25, -0.2) is 0 Å². The molecule has 0 saturated carbocycles. The number of rotatable bonds is 25. The minimum absolute atomic E-state index is 0.00926. The van der Waals surface area contributed by atoms with E-state index in [-0.39, 0.29) is 19.2 Å². The third-order valence-electron chi connectivity index (χ3n) is 5.85. The number of carbonyl (C=O) groups is 1. The summed E-state index contributed by atoms with van der Waals surface area (Å²) in [6.07, 6.45) is 20.5. The van der Waals surface area contributed by atoms with E-state index in [0.29, 0.717) is 24.1 Å². The first-order valence-electron chi connectivity index (χ1n) is 13.9. The number of unbranched alkanes of at least 4 members (excludes halogenated alkanes) is 11. The Labute approximate surface area is 226 Å². The molecule has 0 aromatic heterocycles. The van der Waals surface area contributed by atoms with Crippen LogP contribution in [-0.4, -0.2) is 76.1 Å². The third kappa shape index (κ3) is 25.3. The maximum atomic E-state index is 12.0. The summed E-state index contributed by atoms with van der Waals surface area (Å²) in [5.74, 6) is -0.239. The monoisotopic (exact) mass is 552 g/mol. The summed E-state index contributed by atoms with van der Waals surface area (Å²) < 4.78 is 22.0. The van der Waals surface area contributed by atoms with E-state index < -0.39 is 12.8 Å². The van der Waals surface area contributed by atoms with Crippen molar-refractivity contribution in [2.24, 2.45) is 0 Å². The lowest BCUT2D eigenvalue weighted by Gasteiger charge is -2.25. The Balaban J connectivity index is 3.71. The minimum Gasteiger partial charge on any atom is -0.463 e. The Morgan fingerprint density at radius 2 is 1.44 bits per heavy atom. The Morgan fingerprint density at radius 3 is 2.00 bits per heavy atom. The molecule has 2 unspecified atom stereocenters. The lowest BCUT2D eigenvalue weighted by atomic mass is 10.1. The number of nitrogens with zero attached hydrogens (tertiary/aromatic N) is 1. The van der Waals surface area contributed by atoms with E-state index in [2.05, 4.69) is 19.1 Å². The van der Waals surface area contributed by atoms with Crippen molar-refractivity contribution < 1.29 is 32.7 Å². The van der Waals surface area contributed by atoms with Crippen LogP contribution in [0.5, 0.6) is 0 Å². The number of quaternary nitrogens is 1. The average molecular weight is 553 g/mol. The van der Waals surface area contributed by atoms with Gasteiger partial charge in [-0.3, -0.25) is 4.79 Å². The number of hydrogen-bond acceptors (Lipinski definition) is 6. The largest absolute Gasteiger partial charge is 0.463 e. The topological polar surface area (TPSA) is 74.2 Å². The molecular weight excluding hydrogens is 497 g/mol. The lowest BCUT2D eigenvalue weighted by Crippen LogP contribution is -2.37. The number of allylic oxidation sites excluding steroid dienone is 2. The highest BCUT2D eigenvalue weighted by molar-refractivity contribution is 8.07. The summed E-state index contributed by atoms with van der Waals surface area (Å²) in [4.78, 5) is 22.2. The molecule has 0 aliphatic rings. The van der Waals surface area contributed by atoms with Crippen LogP contribution in [0.3, 0.4) is 0 Å². The van der Waals surface area contributed by atoms with Crippen LogP contribution in [0.15, 0.2) is 12.2 Å². The third-order valence-corrected chi connectivity index (χ3v) is 7.46. The molecule has 214 valence electrons. The maximum Gasteiger partial charge on any atom is 0.324 e. The first-order chi connectivity index (χ1) is 17.1. The predicted octanol–water partition coefficient (Wildman–Crippen LogP) is 6.54. The molecule has 7 nitrogen and oxygen atoms in total. The van der Waals surface area contributed by atoms with Crippen molar-refractivity contribution in [3.63, 3.8) is 0 Å². The first kappa shape index (κ1) is 35.7. The second kappa shape index (κ2) is 22.6. The first-order valence-corrected chi connectivity index (χ1v) is 16.4. The van der Waals surface area contributed by atoms with Crippen LogP contribution in [-0.2, 0) is 35.1 Å². The van der Waals surface area contributed by atoms with Crippen LogP contribution >= 0.6 is 6.72 Å². The number of likely N-dealkylation sites (N-methyl/N-ethyl adjacent to an activating group) is 1. The van der Waals surface area contributed by atoms with Crippen LogP contribution < -0.4 is 0 Å². The molecule has 0 aromatic rings. The van der Waals surface area contributed by atoms with Crippen molar-refractivity contribution in [3.05, 3.63) is 12.2 Å². The van der Waals surface area contributed by atoms with Gasteiger partial charge < -0.3 is 27.9 Å². The number of esters is 1. The molecule has 0 bridgehead atoms. The van der Waals surface area contributed by atoms with Crippen molar-refractivity contribution >= 4 is 24.5 Å². The van der Waals surface area contributed by atoms with Crippen molar-refractivity contribution in [1.82, 2.24) is 0 Å². The van der Waals surface area contributed by atoms with Crippen molar-refractivity contribution in [2.45, 2.75) is 103 Å². The number of ether oxygens (including phenoxy) is 2. The zero-order valence-corrected chi connectivity index (χ0v) is 25.5. The van der Waals surface area contributed by atoms with Crippen LogP contribution in [0.25, 0.3) is 0 Å². The molecular formula is C27H55NO6PS+. The van der Waals surface area contributed by atoms with Crippen molar-refractivity contribution in [2.75, 3.05) is 54.6 Å². The molecule has 2 atom stereocenters. The Kier molecular flexibility index (Phi) is 22.4. The van der Waals surface area contributed by atoms with Gasteiger partial charge in [-0.15, -0.1) is 0 Å². The molecule has 36 heavy (non-hydrogen) atoms. The molecule has 0 heterocycles. The molecule has 0 aliphatic heterocycles. The van der Waals surface area contributed by atoms with Gasteiger partial charge in [0.1, 0.15) is 25.9 Å². The van der Waals surface area contributed by atoms with Crippen LogP contribution in [0.2, 0.25) is 0 Å². The summed E-state index contributed by atoms with van der Waals surface area (Å²) in [7, 11) is 7.58. The van der Waals surface area contributed by atoms with Crippen LogP contribution in [0.4, 0.5) is 0 Å². The quantitative estimate of drug-likeness (QED) is 0.0453. The molecule has 0 saturated heterocycles. The van der Waals surface area contributed by atoms with Crippen LogP contribution in [0.1, 0.15) is 96.8 Å².